The van der Waals surface area contributed by atoms with Gasteiger partial charge in [0.25, 0.3) is 0 Å². The van der Waals surface area contributed by atoms with Crippen molar-refractivity contribution in [2.24, 2.45) is 0 Å². The van der Waals surface area contributed by atoms with Crippen molar-refractivity contribution >= 4 is 28.9 Å². The molecule has 2 atom stereocenters. The van der Waals surface area contributed by atoms with E-state index >= 15 is 0 Å². The van der Waals surface area contributed by atoms with Crippen LogP contribution >= 0.6 is 0 Å². The average molecular weight is 602 g/mol. The van der Waals surface area contributed by atoms with Gasteiger partial charge in [0.05, 0.1) is 12.9 Å². The van der Waals surface area contributed by atoms with E-state index in [-0.39, 0.29) is 43.0 Å². The monoisotopic (exact) mass is 601 g/mol. The molecule has 0 radical (unpaired) electrons. The number of nitrogens with two attached hydrogens (primary N) is 1. The summed E-state index contributed by atoms with van der Waals surface area (Å²) in [6.07, 6.45) is 23.6. The Morgan fingerprint density at radius 3 is 1.95 bits per heavy atom. The Hall–Kier alpha value is -3.26. The van der Waals surface area contributed by atoms with E-state index in [1.165, 1.54) is 75.8 Å². The first kappa shape index (κ1) is 34.2. The quantitative estimate of drug-likeness (QED) is 0.253. The van der Waals surface area contributed by atoms with Gasteiger partial charge in [-0.05, 0) is 12.8 Å². The number of halogens is 1. The summed E-state index contributed by atoms with van der Waals surface area (Å²) in [5, 5.41) is 0. The first-order valence-corrected chi connectivity index (χ1v) is 15.9. The van der Waals surface area contributed by atoms with E-state index in [4.69, 9.17) is 26.4 Å². The molecule has 1 fully saturated rings. The molecule has 1 aliphatic heterocycles. The molecule has 1 unspecified atom stereocenters. The Bertz CT molecular complexity index is 1200. The molecule has 238 valence electrons. The maximum Gasteiger partial charge on any atom is 0.312 e. The molecule has 0 aliphatic carbocycles. The van der Waals surface area contributed by atoms with Gasteiger partial charge in [-0.25, -0.2) is 4.98 Å². The highest BCUT2D eigenvalue weighted by molar-refractivity contribution is 5.81. The summed E-state index contributed by atoms with van der Waals surface area (Å²) in [7, 11) is 1.37. The molecule has 10 nitrogen and oxygen atoms in total. The molecule has 1 aliphatic rings. The largest absolute Gasteiger partial charge is 0.461 e. The summed E-state index contributed by atoms with van der Waals surface area (Å²) in [5.41, 5.74) is 4.53. The number of terminal acetylenes is 1. The van der Waals surface area contributed by atoms with Gasteiger partial charge in [-0.3, -0.25) is 9.59 Å². The number of hydrogen-bond donors (Lipinski definition) is 1. The second-order valence-corrected chi connectivity index (χ2v) is 11.5. The first-order chi connectivity index (χ1) is 20.9. The number of methoxy groups -OCH3 is 1. The van der Waals surface area contributed by atoms with Crippen LogP contribution in [-0.4, -0.2) is 56.9 Å². The van der Waals surface area contributed by atoms with Gasteiger partial charge < -0.3 is 24.5 Å². The summed E-state index contributed by atoms with van der Waals surface area (Å²) >= 11 is 0. The number of fused-ring (bicyclic) bond motifs is 1. The fourth-order valence-corrected chi connectivity index (χ4v) is 5.50. The molecule has 11 heteroatoms. The topological polar surface area (TPSA) is 131 Å². The van der Waals surface area contributed by atoms with Crippen molar-refractivity contribution in [2.75, 3.05) is 19.5 Å². The number of nitrogen functional groups attached to an aromatic ring is 1. The van der Waals surface area contributed by atoms with Gasteiger partial charge in [0.15, 0.2) is 17.6 Å². The van der Waals surface area contributed by atoms with Crippen LogP contribution in [0.1, 0.15) is 116 Å². The Balaban J connectivity index is 1.74. The van der Waals surface area contributed by atoms with Crippen molar-refractivity contribution in [3.05, 3.63) is 12.4 Å². The summed E-state index contributed by atoms with van der Waals surface area (Å²) in [4.78, 5) is 37.2. The van der Waals surface area contributed by atoms with Crippen LogP contribution in [0.5, 0.6) is 0 Å². The normalized spacial score (nSPS) is 23.8. The summed E-state index contributed by atoms with van der Waals surface area (Å²) < 4.78 is 32.7. The highest BCUT2D eigenvalue weighted by atomic mass is 19.1. The molecule has 3 heterocycles. The lowest BCUT2D eigenvalue weighted by molar-refractivity contribution is -0.174. The van der Waals surface area contributed by atoms with Gasteiger partial charge in [0.2, 0.25) is 5.60 Å². The second-order valence-electron chi connectivity index (χ2n) is 11.5. The fourth-order valence-electron chi connectivity index (χ4n) is 5.50. The highest BCUT2D eigenvalue weighted by Gasteiger charge is 2.43. The lowest BCUT2D eigenvalue weighted by atomic mass is 9.97. The van der Waals surface area contributed by atoms with Gasteiger partial charge in [-0.15, -0.1) is 6.42 Å². The van der Waals surface area contributed by atoms with Gasteiger partial charge in [0.1, 0.15) is 12.1 Å². The van der Waals surface area contributed by atoms with Crippen LogP contribution in [-0.2, 0) is 30.3 Å². The molecule has 0 spiro atoms. The first-order valence-electron chi connectivity index (χ1n) is 15.9. The predicted molar refractivity (Wildman–Crippen MR) is 162 cm³/mol. The summed E-state index contributed by atoms with van der Waals surface area (Å²) in [5.74, 6) is 1.59. The standard InChI is InChI=1S/C32H48FN5O5/c1-3-32(41-2)23-42-26(39)20-18-16-14-12-10-8-6-4-5-7-9-11-13-15-17-19-21-27(40)43-25(32)22-38-24-35-28-29(34)36-31(33)37-30(28)38/h1,24-25H,4-23H2,2H3,(H2,34,36,37)/t25-,32?/m0/s1. The third kappa shape index (κ3) is 11.1. The highest BCUT2D eigenvalue weighted by Crippen LogP contribution is 2.25. The minimum atomic E-state index is -1.61. The molecule has 2 N–H and O–H groups in total. The number of esters is 2. The van der Waals surface area contributed by atoms with E-state index in [1.54, 1.807) is 0 Å². The minimum Gasteiger partial charge on any atom is -0.461 e. The molecule has 43 heavy (non-hydrogen) atoms. The van der Waals surface area contributed by atoms with Crippen LogP contribution in [0.4, 0.5) is 10.2 Å². The number of nitrogens with zero attached hydrogens (tertiary/aromatic N) is 4. The van der Waals surface area contributed by atoms with Gasteiger partial charge >= 0.3 is 18.0 Å². The Kier molecular flexibility index (Phi) is 14.7. The second kappa shape index (κ2) is 18.4. The molecule has 1 saturated heterocycles. The summed E-state index contributed by atoms with van der Waals surface area (Å²) in [6, 6.07) is 0. The Morgan fingerprint density at radius 2 is 1.44 bits per heavy atom. The van der Waals surface area contributed by atoms with Gasteiger partial charge in [-0.1, -0.05) is 95.8 Å². The van der Waals surface area contributed by atoms with Crippen molar-refractivity contribution in [3.63, 3.8) is 0 Å². The van der Waals surface area contributed by atoms with E-state index in [2.05, 4.69) is 20.9 Å². The minimum absolute atomic E-state index is 0.0896. The molecule has 2 aromatic rings. The van der Waals surface area contributed by atoms with Crippen LogP contribution in [0, 0.1) is 18.4 Å². The molecule has 0 amide bonds. The van der Waals surface area contributed by atoms with Crippen molar-refractivity contribution in [1.29, 1.82) is 0 Å². The van der Waals surface area contributed by atoms with E-state index in [0.717, 1.165) is 38.5 Å². The number of cyclic esters (lactones) is 2. The number of rotatable bonds is 3. The number of aromatic nitrogens is 4. The molecular formula is C32H48FN5O5. The zero-order valence-electron chi connectivity index (χ0n) is 25.7. The number of imidazole rings is 1. The molecule has 3 rings (SSSR count). The van der Waals surface area contributed by atoms with E-state index in [9.17, 15) is 14.0 Å². The van der Waals surface area contributed by atoms with Gasteiger partial charge in [0, 0.05) is 20.0 Å². The van der Waals surface area contributed by atoms with E-state index in [0.29, 0.717) is 6.42 Å². The van der Waals surface area contributed by atoms with Crippen molar-refractivity contribution in [2.45, 2.75) is 134 Å². The number of ether oxygens (including phenoxy) is 3. The van der Waals surface area contributed by atoms with Crippen LogP contribution in [0.15, 0.2) is 6.33 Å². The number of carbonyl (C=O) groups excluding carboxylic acids is 2. The fraction of sp³-hybridized carbons (Fsp3) is 0.719. The third-order valence-corrected chi connectivity index (χ3v) is 8.19. The number of carbonyl (C=O) groups is 2. The molecule has 0 bridgehead atoms. The average Bonchev–Trinajstić information content (AvgIpc) is 3.39. The molecule has 2 aromatic heterocycles. The zero-order chi connectivity index (χ0) is 30.9. The lowest BCUT2D eigenvalue weighted by Gasteiger charge is -2.34. The lowest BCUT2D eigenvalue weighted by Crippen LogP contribution is -2.51. The van der Waals surface area contributed by atoms with E-state index in [1.807, 2.05) is 0 Å². The van der Waals surface area contributed by atoms with E-state index < -0.39 is 29.7 Å². The maximum absolute atomic E-state index is 14.0. The number of anilines is 1. The van der Waals surface area contributed by atoms with Crippen LogP contribution < -0.4 is 5.73 Å². The smallest absolute Gasteiger partial charge is 0.312 e. The summed E-state index contributed by atoms with van der Waals surface area (Å²) in [6.45, 7) is -0.414. The SMILES string of the molecule is C#CC1(OC)COC(=O)CCCCCCCCCCCCCCCCCCC(=O)O[C@H]1Cn1cnc2c(N)nc(F)nc21. The van der Waals surface area contributed by atoms with Crippen molar-refractivity contribution in [3.8, 4) is 12.3 Å². The van der Waals surface area contributed by atoms with Gasteiger partial charge in [-0.2, -0.15) is 14.4 Å². The van der Waals surface area contributed by atoms with Crippen molar-refractivity contribution in [1.82, 2.24) is 19.5 Å². The Labute approximate surface area is 254 Å². The maximum atomic E-state index is 14.0. The predicted octanol–water partition coefficient (Wildman–Crippen LogP) is 6.06. The van der Waals surface area contributed by atoms with Crippen molar-refractivity contribution < 1.29 is 28.2 Å². The zero-order valence-corrected chi connectivity index (χ0v) is 25.7. The molecule has 0 aromatic carbocycles. The Morgan fingerprint density at radius 1 is 0.930 bits per heavy atom. The number of hydrogen-bond acceptors (Lipinski definition) is 9. The van der Waals surface area contributed by atoms with Crippen LogP contribution in [0.25, 0.3) is 11.2 Å². The molecule has 0 saturated carbocycles. The van der Waals surface area contributed by atoms with Crippen LogP contribution in [0.2, 0.25) is 0 Å². The molecular weight excluding hydrogens is 553 g/mol. The van der Waals surface area contributed by atoms with Crippen LogP contribution in [0.3, 0.4) is 0 Å². The third-order valence-electron chi connectivity index (χ3n) is 8.19.